The molecule has 0 saturated carbocycles. The first-order chi connectivity index (χ1) is 11.2. The standard InChI is InChI=1S/C16H18BFO6/c1-8(19)3-4-12(20)7-11-5-10-6-13(18)9(2)14(16(21)22)15(10)24-17(11)23/h6,11,23H,3-5,7H2,1-2H3,(H,21,22)/t11-/m1/s1. The van der Waals surface area contributed by atoms with Crippen LogP contribution < -0.4 is 4.65 Å². The molecule has 0 bridgehead atoms. The first-order valence-corrected chi connectivity index (χ1v) is 7.61. The van der Waals surface area contributed by atoms with Crippen LogP contribution in [0.4, 0.5) is 4.39 Å². The molecule has 2 rings (SSSR count). The van der Waals surface area contributed by atoms with Crippen LogP contribution in [-0.2, 0) is 16.0 Å². The molecule has 0 radical (unpaired) electrons. The summed E-state index contributed by atoms with van der Waals surface area (Å²) in [6, 6.07) is 1.18. The second-order valence-corrected chi connectivity index (χ2v) is 6.07. The molecule has 0 spiro atoms. The topological polar surface area (TPSA) is 101 Å². The van der Waals surface area contributed by atoms with Crippen LogP contribution in [0.15, 0.2) is 6.07 Å². The quantitative estimate of drug-likeness (QED) is 0.770. The first kappa shape index (κ1) is 18.1. The average molecular weight is 336 g/mol. The van der Waals surface area contributed by atoms with E-state index in [0.29, 0.717) is 5.56 Å². The summed E-state index contributed by atoms with van der Waals surface area (Å²) in [4.78, 5) is 34.1. The van der Waals surface area contributed by atoms with Gasteiger partial charge in [-0.1, -0.05) is 0 Å². The number of Topliss-reactive ketones (excluding diaryl/α,β-unsaturated/α-hetero) is 2. The zero-order chi connectivity index (χ0) is 18.0. The molecule has 2 N–H and O–H groups in total. The Balaban J connectivity index is 2.23. The molecule has 0 fully saturated rings. The Kier molecular flexibility index (Phi) is 5.38. The highest BCUT2D eigenvalue weighted by Gasteiger charge is 2.38. The van der Waals surface area contributed by atoms with E-state index in [-0.39, 0.29) is 54.1 Å². The van der Waals surface area contributed by atoms with Gasteiger partial charge in [0.15, 0.2) is 0 Å². The number of carboxylic acids is 1. The Morgan fingerprint density at radius 3 is 2.62 bits per heavy atom. The van der Waals surface area contributed by atoms with Crippen LogP contribution in [0, 0.1) is 12.7 Å². The fourth-order valence-corrected chi connectivity index (χ4v) is 2.80. The highest BCUT2D eigenvalue weighted by Crippen LogP contribution is 2.38. The third kappa shape index (κ3) is 3.81. The predicted octanol–water partition coefficient (Wildman–Crippen LogP) is 1.95. The van der Waals surface area contributed by atoms with Crippen molar-refractivity contribution in [3.8, 4) is 5.75 Å². The van der Waals surface area contributed by atoms with E-state index < -0.39 is 24.7 Å². The molecule has 0 amide bonds. The van der Waals surface area contributed by atoms with Gasteiger partial charge in [0.05, 0.1) is 0 Å². The van der Waals surface area contributed by atoms with Gasteiger partial charge in [-0.25, -0.2) is 9.18 Å². The molecule has 0 unspecified atom stereocenters. The lowest BCUT2D eigenvalue weighted by molar-refractivity contribution is -0.123. The Bertz CT molecular complexity index is 702. The first-order valence-electron chi connectivity index (χ1n) is 7.61. The zero-order valence-electron chi connectivity index (χ0n) is 13.5. The number of benzene rings is 1. The van der Waals surface area contributed by atoms with Gasteiger partial charge < -0.3 is 19.6 Å². The van der Waals surface area contributed by atoms with Crippen LogP contribution in [0.25, 0.3) is 0 Å². The van der Waals surface area contributed by atoms with Gasteiger partial charge in [0.1, 0.15) is 28.7 Å². The second-order valence-electron chi connectivity index (χ2n) is 6.07. The molecule has 0 saturated heterocycles. The van der Waals surface area contributed by atoms with Gasteiger partial charge in [-0.05, 0) is 31.9 Å². The SMILES string of the molecule is CC(=O)CCC(=O)C[C@H]1Cc2cc(F)c(C)c(C(=O)O)c2OB1O. The molecule has 1 aromatic carbocycles. The molecule has 0 aliphatic carbocycles. The van der Waals surface area contributed by atoms with Crippen molar-refractivity contribution in [2.45, 2.75) is 45.3 Å². The van der Waals surface area contributed by atoms with Crippen LogP contribution in [0.3, 0.4) is 0 Å². The monoisotopic (exact) mass is 336 g/mol. The van der Waals surface area contributed by atoms with E-state index in [0.717, 1.165) is 0 Å². The number of halogens is 1. The lowest BCUT2D eigenvalue weighted by Gasteiger charge is -2.28. The summed E-state index contributed by atoms with van der Waals surface area (Å²) in [6.45, 7) is 2.72. The molecule has 1 aliphatic heterocycles. The minimum absolute atomic E-state index is 0.0220. The van der Waals surface area contributed by atoms with Crippen LogP contribution in [-0.4, -0.2) is 34.8 Å². The molecule has 6 nitrogen and oxygen atoms in total. The molecule has 1 aliphatic rings. The Morgan fingerprint density at radius 1 is 1.38 bits per heavy atom. The van der Waals surface area contributed by atoms with Crippen LogP contribution in [0.1, 0.15) is 47.7 Å². The summed E-state index contributed by atoms with van der Waals surface area (Å²) < 4.78 is 19.2. The van der Waals surface area contributed by atoms with Gasteiger partial charge in [-0.2, -0.15) is 0 Å². The number of carboxylic acid groups (broad SMARTS) is 1. The minimum Gasteiger partial charge on any atom is -0.535 e. The van der Waals surface area contributed by atoms with Crippen LogP contribution >= 0.6 is 0 Å². The highest BCUT2D eigenvalue weighted by molar-refractivity contribution is 6.47. The molecular weight excluding hydrogens is 318 g/mol. The third-order valence-corrected chi connectivity index (χ3v) is 4.14. The molecule has 1 heterocycles. The van der Waals surface area contributed by atoms with Gasteiger partial charge >= 0.3 is 13.1 Å². The lowest BCUT2D eigenvalue weighted by atomic mass is 9.64. The second kappa shape index (κ2) is 7.13. The molecule has 24 heavy (non-hydrogen) atoms. The molecule has 128 valence electrons. The van der Waals surface area contributed by atoms with E-state index in [1.54, 1.807) is 0 Å². The van der Waals surface area contributed by atoms with Crippen molar-refractivity contribution < 1.29 is 33.6 Å². The summed E-state index contributed by atoms with van der Waals surface area (Å²) in [6.07, 6.45) is 0.315. The van der Waals surface area contributed by atoms with Crippen LogP contribution in [0.5, 0.6) is 5.75 Å². The van der Waals surface area contributed by atoms with Gasteiger partial charge in [-0.15, -0.1) is 0 Å². The minimum atomic E-state index is -1.36. The number of fused-ring (bicyclic) bond motifs is 1. The smallest absolute Gasteiger partial charge is 0.526 e. The van der Waals surface area contributed by atoms with E-state index in [4.69, 9.17) is 4.65 Å². The number of hydrogen-bond donors (Lipinski definition) is 2. The van der Waals surface area contributed by atoms with Crippen molar-refractivity contribution >= 4 is 24.7 Å². The Hall–Kier alpha value is -2.22. The van der Waals surface area contributed by atoms with Crippen molar-refractivity contribution in [2.24, 2.45) is 0 Å². The summed E-state index contributed by atoms with van der Waals surface area (Å²) in [5.41, 5.74) is -0.0694. The van der Waals surface area contributed by atoms with E-state index in [1.165, 1.54) is 19.9 Å². The van der Waals surface area contributed by atoms with Gasteiger partial charge in [0, 0.05) is 30.6 Å². The number of ketones is 2. The van der Waals surface area contributed by atoms with Crippen molar-refractivity contribution in [2.75, 3.05) is 0 Å². The van der Waals surface area contributed by atoms with E-state index >= 15 is 0 Å². The maximum absolute atomic E-state index is 13.9. The fraction of sp³-hybridized carbons (Fsp3) is 0.438. The normalized spacial score (nSPS) is 16.3. The molecule has 1 aromatic rings. The van der Waals surface area contributed by atoms with E-state index in [9.17, 15) is 28.9 Å². The molecule has 8 heteroatoms. The lowest BCUT2D eigenvalue weighted by Crippen LogP contribution is -2.36. The number of carbonyl (C=O) groups excluding carboxylic acids is 2. The Morgan fingerprint density at radius 2 is 2.04 bits per heavy atom. The molecule has 1 atom stereocenters. The highest BCUT2D eigenvalue weighted by atomic mass is 19.1. The van der Waals surface area contributed by atoms with Crippen LogP contribution in [0.2, 0.25) is 5.82 Å². The van der Waals surface area contributed by atoms with Gasteiger partial charge in [0.25, 0.3) is 0 Å². The number of rotatable bonds is 6. The van der Waals surface area contributed by atoms with Gasteiger partial charge in [-0.3, -0.25) is 4.79 Å². The molecule has 0 aromatic heterocycles. The molecular formula is C16H18BFO6. The number of hydrogen-bond acceptors (Lipinski definition) is 5. The Labute approximate surface area is 138 Å². The number of carbonyl (C=O) groups is 3. The summed E-state index contributed by atoms with van der Waals surface area (Å²) in [5, 5.41) is 19.3. The number of aromatic carboxylic acids is 1. The predicted molar refractivity (Wildman–Crippen MR) is 83.7 cm³/mol. The summed E-state index contributed by atoms with van der Waals surface area (Å²) in [5.74, 6) is -2.98. The summed E-state index contributed by atoms with van der Waals surface area (Å²) >= 11 is 0. The van der Waals surface area contributed by atoms with Crippen molar-refractivity contribution in [3.05, 3.63) is 28.6 Å². The van der Waals surface area contributed by atoms with Crippen molar-refractivity contribution in [1.29, 1.82) is 0 Å². The third-order valence-electron chi connectivity index (χ3n) is 4.14. The maximum Gasteiger partial charge on any atom is 0.526 e. The maximum atomic E-state index is 13.9. The largest absolute Gasteiger partial charge is 0.535 e. The van der Waals surface area contributed by atoms with Crippen molar-refractivity contribution in [3.63, 3.8) is 0 Å². The summed E-state index contributed by atoms with van der Waals surface area (Å²) in [7, 11) is -1.36. The van der Waals surface area contributed by atoms with E-state index in [2.05, 4.69) is 0 Å². The van der Waals surface area contributed by atoms with Crippen molar-refractivity contribution in [1.82, 2.24) is 0 Å². The fourth-order valence-electron chi connectivity index (χ4n) is 2.80. The average Bonchev–Trinajstić information content (AvgIpc) is 2.48. The zero-order valence-corrected chi connectivity index (χ0v) is 13.5. The van der Waals surface area contributed by atoms with E-state index in [1.807, 2.05) is 0 Å². The van der Waals surface area contributed by atoms with Gasteiger partial charge in [0.2, 0.25) is 0 Å².